The molecular weight excluding hydrogens is 737 g/mol. The first kappa shape index (κ1) is 35.5. The summed E-state index contributed by atoms with van der Waals surface area (Å²) in [4.78, 5) is 54.4. The molecule has 0 spiro atoms. The second-order valence-corrected chi connectivity index (χ2v) is 15.9. The van der Waals surface area contributed by atoms with Gasteiger partial charge in [0.25, 0.3) is 16.4 Å². The van der Waals surface area contributed by atoms with Crippen LogP contribution in [0.3, 0.4) is 0 Å². The number of carbonyl (C=O) groups excluding carboxylic acids is 3. The average molecular weight is 769 g/mol. The molecule has 1 N–H and O–H groups in total. The summed E-state index contributed by atoms with van der Waals surface area (Å²) in [6.07, 6.45) is 0.0958. The first-order valence-corrected chi connectivity index (χ1v) is 20.2. The summed E-state index contributed by atoms with van der Waals surface area (Å²) >= 11 is 1.18. The molecule has 2 aromatic heterocycles. The monoisotopic (exact) mass is 768 g/mol. The highest BCUT2D eigenvalue weighted by atomic mass is 33.1. The number of Topliss-reactive ketones (excluding diaryl/α,β-unsaturated/α-hetero) is 1. The largest absolute Gasteiger partial charge is 0.431 e. The average Bonchev–Trinajstić information content (AvgIpc) is 3.81. The van der Waals surface area contributed by atoms with Crippen molar-refractivity contribution in [2.45, 2.75) is 41.1 Å². The lowest BCUT2D eigenvalue weighted by Crippen LogP contribution is -2.69. The van der Waals surface area contributed by atoms with Gasteiger partial charge < -0.3 is 14.2 Å². The van der Waals surface area contributed by atoms with Crippen molar-refractivity contribution in [3.63, 3.8) is 0 Å². The normalized spacial score (nSPS) is 16.0. The van der Waals surface area contributed by atoms with Gasteiger partial charge in [0.2, 0.25) is 5.91 Å². The van der Waals surface area contributed by atoms with Crippen LogP contribution in [0.25, 0.3) is 22.2 Å². The number of hydrogen-bond donors (Lipinski definition) is 1. The second-order valence-electron chi connectivity index (χ2n) is 12.5. The van der Waals surface area contributed by atoms with Crippen molar-refractivity contribution >= 4 is 73.1 Å². The predicted molar refractivity (Wildman–Crippen MR) is 212 cm³/mol. The lowest BCUT2D eigenvalue weighted by atomic mass is 9.85. The minimum atomic E-state index is -0.931. The summed E-state index contributed by atoms with van der Waals surface area (Å²) in [5, 5.41) is 2.98. The van der Waals surface area contributed by atoms with Crippen LogP contribution in [0.1, 0.15) is 29.5 Å². The molecule has 0 saturated carbocycles. The van der Waals surface area contributed by atoms with E-state index in [9.17, 15) is 9.59 Å². The molecule has 0 unspecified atom stereocenters. The summed E-state index contributed by atoms with van der Waals surface area (Å²) in [5.74, 6) is -1.74. The lowest BCUT2D eigenvalue weighted by molar-refractivity contribution is -0.147. The number of amides is 2. The summed E-state index contributed by atoms with van der Waals surface area (Å²) in [6, 6.07) is 42.3. The van der Waals surface area contributed by atoms with Crippen LogP contribution in [-0.2, 0) is 20.8 Å². The molecule has 1 fully saturated rings. The minimum Gasteiger partial charge on any atom is -0.431 e. The second kappa shape index (κ2) is 15.8. The molecule has 2 atom stereocenters. The first-order chi connectivity index (χ1) is 26.4. The van der Waals surface area contributed by atoms with Crippen LogP contribution in [-0.4, -0.2) is 43.9 Å². The van der Waals surface area contributed by atoms with Gasteiger partial charge in [-0.1, -0.05) is 126 Å². The highest BCUT2D eigenvalue weighted by molar-refractivity contribution is 8.76. The topological polar surface area (TPSA) is 119 Å². The number of para-hydroxylation sites is 4. The fraction of sp³-hybridized carbons (Fsp3) is 0.119. The number of nitrogens with zero attached hydrogens (tertiary/aromatic N) is 3. The molecule has 1 saturated heterocycles. The Hall–Kier alpha value is -5.56. The Labute approximate surface area is 323 Å². The highest BCUT2D eigenvalue weighted by Gasteiger charge is 2.53. The van der Waals surface area contributed by atoms with E-state index in [4.69, 9.17) is 8.83 Å². The van der Waals surface area contributed by atoms with E-state index in [1.54, 1.807) is 6.92 Å². The number of β-lactam (4-membered cyclic amide) rings is 1. The van der Waals surface area contributed by atoms with Crippen LogP contribution >= 0.6 is 33.3 Å². The fourth-order valence-corrected chi connectivity index (χ4v) is 9.59. The van der Waals surface area contributed by atoms with E-state index in [0.717, 1.165) is 16.7 Å². The van der Waals surface area contributed by atoms with Gasteiger partial charge in [0.1, 0.15) is 22.4 Å². The number of ketones is 1. The standard InChI is InChI=1S/C42H32N4O5S3/c1-26(52-41-43-30-21-11-13-23-32(30)50-41)37(38(48)35(28-17-7-3-8-18-28)29-19-9-4-10-20-29)46-39(49)36(45-34(47)25-27-15-5-2-6-16-27)40(46)53-54-42-44-31-22-12-14-24-33(31)51-42/h2-24,35-36,40H,25H2,1H3,(H,45,47)/b37-26+/t36-,40-/m1/s1. The molecule has 0 radical (unpaired) electrons. The number of aromatic nitrogens is 2. The van der Waals surface area contributed by atoms with E-state index in [1.807, 2.05) is 140 Å². The van der Waals surface area contributed by atoms with Crippen molar-refractivity contribution in [3.05, 3.63) is 167 Å². The highest BCUT2D eigenvalue weighted by Crippen LogP contribution is 2.47. The Morgan fingerprint density at radius 3 is 1.83 bits per heavy atom. The van der Waals surface area contributed by atoms with Gasteiger partial charge in [0, 0.05) is 15.7 Å². The summed E-state index contributed by atoms with van der Waals surface area (Å²) < 4.78 is 12.1. The Balaban J connectivity index is 1.19. The quantitative estimate of drug-likeness (QED) is 0.0527. The van der Waals surface area contributed by atoms with Crippen molar-refractivity contribution in [2.24, 2.45) is 0 Å². The zero-order valence-corrected chi connectivity index (χ0v) is 31.3. The lowest BCUT2D eigenvalue weighted by Gasteiger charge is -2.47. The van der Waals surface area contributed by atoms with Crippen LogP contribution in [0.4, 0.5) is 0 Å². The zero-order valence-electron chi connectivity index (χ0n) is 28.8. The van der Waals surface area contributed by atoms with Crippen molar-refractivity contribution in [1.29, 1.82) is 0 Å². The predicted octanol–water partition coefficient (Wildman–Crippen LogP) is 9.03. The van der Waals surface area contributed by atoms with Crippen LogP contribution in [0, 0.1) is 0 Å². The Morgan fingerprint density at radius 2 is 1.24 bits per heavy atom. The first-order valence-electron chi connectivity index (χ1n) is 17.2. The van der Waals surface area contributed by atoms with Crippen LogP contribution in [0.2, 0.25) is 0 Å². The molecule has 3 heterocycles. The van der Waals surface area contributed by atoms with Gasteiger partial charge in [0.15, 0.2) is 16.9 Å². The van der Waals surface area contributed by atoms with Gasteiger partial charge in [-0.05, 0) is 59.6 Å². The van der Waals surface area contributed by atoms with Crippen LogP contribution in [0.15, 0.2) is 169 Å². The number of likely N-dealkylation sites (tertiary alicyclic amines) is 1. The fourth-order valence-electron chi connectivity index (χ4n) is 6.37. The number of nitrogens with one attached hydrogen (secondary N) is 1. The molecule has 7 aromatic rings. The molecule has 268 valence electrons. The van der Waals surface area contributed by atoms with Crippen molar-refractivity contribution in [1.82, 2.24) is 20.2 Å². The molecule has 54 heavy (non-hydrogen) atoms. The van der Waals surface area contributed by atoms with Gasteiger partial charge in [-0.2, -0.15) is 0 Å². The number of hydrogen-bond acceptors (Lipinski definition) is 10. The Morgan fingerprint density at radius 1 is 0.722 bits per heavy atom. The smallest absolute Gasteiger partial charge is 0.267 e. The van der Waals surface area contributed by atoms with Gasteiger partial charge >= 0.3 is 0 Å². The molecule has 1 aliphatic heterocycles. The molecule has 12 heteroatoms. The van der Waals surface area contributed by atoms with Gasteiger partial charge in [-0.3, -0.25) is 19.3 Å². The third kappa shape index (κ3) is 7.45. The third-order valence-electron chi connectivity index (χ3n) is 8.91. The van der Waals surface area contributed by atoms with E-state index in [0.29, 0.717) is 37.6 Å². The minimum absolute atomic E-state index is 0.0958. The third-order valence-corrected chi connectivity index (χ3v) is 12.2. The van der Waals surface area contributed by atoms with Gasteiger partial charge in [0.05, 0.1) is 18.0 Å². The number of rotatable bonds is 13. The number of benzene rings is 5. The van der Waals surface area contributed by atoms with Crippen LogP contribution in [0.5, 0.6) is 0 Å². The van der Waals surface area contributed by atoms with Gasteiger partial charge in [-0.25, -0.2) is 9.97 Å². The Kier molecular flexibility index (Phi) is 10.4. The number of oxazole rings is 2. The maximum absolute atomic E-state index is 15.3. The summed E-state index contributed by atoms with van der Waals surface area (Å²) in [5.41, 5.74) is 5.17. The van der Waals surface area contributed by atoms with Gasteiger partial charge in [-0.15, -0.1) is 0 Å². The molecule has 0 bridgehead atoms. The molecule has 0 aliphatic carbocycles. The maximum atomic E-state index is 15.3. The van der Waals surface area contributed by atoms with E-state index >= 15 is 4.79 Å². The molecule has 1 aliphatic rings. The number of carbonyl (C=O) groups is 3. The number of allylic oxidation sites excluding steroid dienone is 2. The number of thioether (sulfide) groups is 1. The number of fused-ring (bicyclic) bond motifs is 2. The van der Waals surface area contributed by atoms with Crippen LogP contribution < -0.4 is 5.32 Å². The molecule has 5 aromatic carbocycles. The maximum Gasteiger partial charge on any atom is 0.267 e. The van der Waals surface area contributed by atoms with Crippen molar-refractivity contribution in [3.8, 4) is 0 Å². The summed E-state index contributed by atoms with van der Waals surface area (Å²) in [6.45, 7) is 1.80. The molecule has 8 rings (SSSR count). The summed E-state index contributed by atoms with van der Waals surface area (Å²) in [7, 11) is 2.53. The van der Waals surface area contributed by atoms with E-state index < -0.39 is 23.2 Å². The Bertz CT molecular complexity index is 2380. The van der Waals surface area contributed by atoms with E-state index in [-0.39, 0.29) is 23.8 Å². The van der Waals surface area contributed by atoms with Crippen molar-refractivity contribution in [2.75, 3.05) is 0 Å². The van der Waals surface area contributed by atoms with E-state index in [2.05, 4.69) is 15.3 Å². The molecular formula is C42H32N4O5S3. The SMILES string of the molecule is C/C(Sc1nc2ccccc2o1)=C(/C(=O)C(c1ccccc1)c1ccccc1)N1C(=O)[C@@H](NC(=O)Cc2ccccc2)[C@H]1SSc1nc2ccccc2o1. The zero-order chi connectivity index (χ0) is 37.0. The molecule has 2 amide bonds. The molecule has 9 nitrogen and oxygen atoms in total. The van der Waals surface area contributed by atoms with Crippen molar-refractivity contribution < 1.29 is 23.2 Å². The van der Waals surface area contributed by atoms with E-state index in [1.165, 1.54) is 38.2 Å².